The van der Waals surface area contributed by atoms with Crippen molar-refractivity contribution < 1.29 is 14.3 Å². The molecule has 58 valence electrons. The van der Waals surface area contributed by atoms with Crippen molar-refractivity contribution in [1.29, 1.82) is 0 Å². The van der Waals surface area contributed by atoms with Crippen LogP contribution in [0.2, 0.25) is 0 Å². The van der Waals surface area contributed by atoms with E-state index >= 15 is 0 Å². The van der Waals surface area contributed by atoms with Crippen molar-refractivity contribution in [2.75, 3.05) is 6.61 Å². The highest BCUT2D eigenvalue weighted by molar-refractivity contribution is 5.60. The molecule has 0 aliphatic heterocycles. The summed E-state index contributed by atoms with van der Waals surface area (Å²) in [5.74, 6) is 0. The summed E-state index contributed by atoms with van der Waals surface area (Å²) in [6.45, 7) is 5.64. The van der Waals surface area contributed by atoms with Gasteiger partial charge >= 0.3 is 6.16 Å². The van der Waals surface area contributed by atoms with Gasteiger partial charge in [-0.05, 0) is 6.42 Å². The van der Waals surface area contributed by atoms with Gasteiger partial charge in [-0.2, -0.15) is 0 Å². The molecule has 0 radical (unpaired) electrons. The number of carbonyl (C=O) groups is 1. The predicted octanol–water partition coefficient (Wildman–Crippen LogP) is 2.08. The maximum absolute atomic E-state index is 10.4. The molecule has 0 bridgehead atoms. The predicted molar refractivity (Wildman–Crippen MR) is 37.5 cm³/mol. The molecule has 0 atom stereocenters. The molecule has 0 aromatic carbocycles. The van der Waals surface area contributed by atoms with Gasteiger partial charge in [-0.25, -0.2) is 4.79 Å². The summed E-state index contributed by atoms with van der Waals surface area (Å²) in [5.41, 5.74) is 0. The summed E-state index contributed by atoms with van der Waals surface area (Å²) in [7, 11) is 0. The second-order valence-electron chi connectivity index (χ2n) is 1.74. The van der Waals surface area contributed by atoms with Gasteiger partial charge in [0.1, 0.15) is 0 Å². The molecule has 0 amide bonds. The Balaban J connectivity index is 3.13. The van der Waals surface area contributed by atoms with Gasteiger partial charge in [-0.1, -0.05) is 19.9 Å². The van der Waals surface area contributed by atoms with Gasteiger partial charge < -0.3 is 9.47 Å². The molecule has 0 fully saturated rings. The van der Waals surface area contributed by atoms with Crippen molar-refractivity contribution in [3.8, 4) is 0 Å². The van der Waals surface area contributed by atoms with E-state index < -0.39 is 6.16 Å². The topological polar surface area (TPSA) is 35.5 Å². The van der Waals surface area contributed by atoms with Crippen LogP contribution in [-0.2, 0) is 9.47 Å². The minimum Gasteiger partial charge on any atom is -0.434 e. The Morgan fingerprint density at radius 3 is 2.90 bits per heavy atom. The average molecular weight is 144 g/mol. The fourth-order valence-electron chi connectivity index (χ4n) is 0.402. The van der Waals surface area contributed by atoms with Gasteiger partial charge in [-0.3, -0.25) is 0 Å². The number of carbonyl (C=O) groups excluding carboxylic acids is 1. The molecule has 0 aliphatic rings. The third-order valence-electron chi connectivity index (χ3n) is 0.897. The quantitative estimate of drug-likeness (QED) is 0.344. The third-order valence-corrected chi connectivity index (χ3v) is 0.897. The minimum absolute atomic E-state index is 0.420. The van der Waals surface area contributed by atoms with Gasteiger partial charge in [0.15, 0.2) is 0 Å². The molecule has 0 aliphatic carbocycles. The van der Waals surface area contributed by atoms with Crippen molar-refractivity contribution in [3.63, 3.8) is 0 Å². The Morgan fingerprint density at radius 2 is 2.40 bits per heavy atom. The summed E-state index contributed by atoms with van der Waals surface area (Å²) < 4.78 is 8.88. The van der Waals surface area contributed by atoms with Crippen LogP contribution in [0, 0.1) is 0 Å². The smallest absolute Gasteiger partial charge is 0.434 e. The van der Waals surface area contributed by atoms with Crippen LogP contribution in [0.25, 0.3) is 0 Å². The molecule has 3 nitrogen and oxygen atoms in total. The van der Waals surface area contributed by atoms with Gasteiger partial charge in [0.2, 0.25) is 0 Å². The Morgan fingerprint density at radius 1 is 1.70 bits per heavy atom. The largest absolute Gasteiger partial charge is 0.513 e. The van der Waals surface area contributed by atoms with Crippen LogP contribution in [0.4, 0.5) is 4.79 Å². The van der Waals surface area contributed by atoms with Crippen LogP contribution >= 0.6 is 0 Å². The lowest BCUT2D eigenvalue weighted by Crippen LogP contribution is -2.04. The molecular formula is C7H12O3. The van der Waals surface area contributed by atoms with Crippen molar-refractivity contribution >= 4 is 6.16 Å². The van der Waals surface area contributed by atoms with E-state index in [0.717, 1.165) is 19.1 Å². The lowest BCUT2D eigenvalue weighted by Gasteiger charge is -1.99. The van der Waals surface area contributed by atoms with Crippen molar-refractivity contribution in [1.82, 2.24) is 0 Å². The van der Waals surface area contributed by atoms with E-state index in [1.54, 1.807) is 0 Å². The highest BCUT2D eigenvalue weighted by Gasteiger charge is 1.97. The summed E-state index contributed by atoms with van der Waals surface area (Å²) in [6.07, 6.45) is 2.24. The molecule has 0 unspecified atom stereocenters. The molecule has 0 aromatic heterocycles. The molecule has 0 spiro atoms. The van der Waals surface area contributed by atoms with E-state index in [1.165, 1.54) is 0 Å². The van der Waals surface area contributed by atoms with Gasteiger partial charge in [-0.15, -0.1) is 0 Å². The Bertz CT molecular complexity index is 109. The van der Waals surface area contributed by atoms with E-state index in [0.29, 0.717) is 6.61 Å². The molecule has 0 saturated carbocycles. The standard InChI is InChI=1S/C7H12O3/c1-3-5-6-10-7(8)9-4-2/h4H,2-3,5-6H2,1H3. The fourth-order valence-corrected chi connectivity index (χ4v) is 0.402. The molecule has 0 aromatic rings. The molecule has 0 heterocycles. The first kappa shape index (κ1) is 9.01. The molecule has 0 saturated heterocycles. The maximum atomic E-state index is 10.4. The second-order valence-corrected chi connectivity index (χ2v) is 1.74. The Labute approximate surface area is 60.6 Å². The zero-order valence-corrected chi connectivity index (χ0v) is 6.13. The van der Waals surface area contributed by atoms with Crippen LogP contribution in [-0.4, -0.2) is 12.8 Å². The molecule has 0 rings (SSSR count). The van der Waals surface area contributed by atoms with Gasteiger partial charge in [0, 0.05) is 0 Å². The fraction of sp³-hybridized carbons (Fsp3) is 0.571. The third kappa shape index (κ3) is 5.15. The van der Waals surface area contributed by atoms with Crippen LogP contribution in [0.5, 0.6) is 0 Å². The zero-order valence-electron chi connectivity index (χ0n) is 6.13. The summed E-state index contributed by atoms with van der Waals surface area (Å²) >= 11 is 0. The van der Waals surface area contributed by atoms with Gasteiger partial charge in [0.25, 0.3) is 0 Å². The van der Waals surface area contributed by atoms with Crippen LogP contribution < -0.4 is 0 Å². The summed E-state index contributed by atoms with van der Waals surface area (Å²) in [5, 5.41) is 0. The summed E-state index contributed by atoms with van der Waals surface area (Å²) in [4.78, 5) is 10.4. The molecule has 0 N–H and O–H groups in total. The van der Waals surface area contributed by atoms with Crippen LogP contribution in [0.3, 0.4) is 0 Å². The monoisotopic (exact) mass is 144 g/mol. The Kier molecular flexibility index (Phi) is 5.53. The Hall–Kier alpha value is -0.990. The van der Waals surface area contributed by atoms with E-state index in [2.05, 4.69) is 16.1 Å². The van der Waals surface area contributed by atoms with Crippen molar-refractivity contribution in [2.45, 2.75) is 19.8 Å². The second kappa shape index (κ2) is 6.13. The average Bonchev–Trinajstić information content (AvgIpc) is 1.89. The normalized spacial score (nSPS) is 8.50. The van der Waals surface area contributed by atoms with Crippen molar-refractivity contribution in [2.24, 2.45) is 0 Å². The van der Waals surface area contributed by atoms with E-state index in [4.69, 9.17) is 0 Å². The van der Waals surface area contributed by atoms with Gasteiger partial charge in [0.05, 0.1) is 12.9 Å². The van der Waals surface area contributed by atoms with E-state index in [-0.39, 0.29) is 0 Å². The lowest BCUT2D eigenvalue weighted by atomic mass is 10.4. The van der Waals surface area contributed by atoms with E-state index in [1.807, 2.05) is 6.92 Å². The van der Waals surface area contributed by atoms with Crippen molar-refractivity contribution in [3.05, 3.63) is 12.8 Å². The number of ether oxygens (including phenoxy) is 2. The molecular weight excluding hydrogens is 132 g/mol. The zero-order chi connectivity index (χ0) is 7.82. The first-order chi connectivity index (χ1) is 4.81. The summed E-state index contributed by atoms with van der Waals surface area (Å²) in [6, 6.07) is 0. The highest BCUT2D eigenvalue weighted by Crippen LogP contribution is 1.90. The number of rotatable bonds is 4. The first-order valence-corrected chi connectivity index (χ1v) is 3.25. The SMILES string of the molecule is C=COC(=O)OCCCC. The van der Waals surface area contributed by atoms with Crippen LogP contribution in [0.1, 0.15) is 19.8 Å². The number of hydrogen-bond donors (Lipinski definition) is 0. The maximum Gasteiger partial charge on any atom is 0.513 e. The van der Waals surface area contributed by atoms with E-state index in [9.17, 15) is 4.79 Å². The van der Waals surface area contributed by atoms with Crippen LogP contribution in [0.15, 0.2) is 12.8 Å². The lowest BCUT2D eigenvalue weighted by molar-refractivity contribution is 0.0838. The molecule has 10 heavy (non-hydrogen) atoms. The number of hydrogen-bond acceptors (Lipinski definition) is 3. The molecule has 3 heteroatoms. The number of unbranched alkanes of at least 4 members (excludes halogenated alkanes) is 1. The minimum atomic E-state index is -0.677. The highest BCUT2D eigenvalue weighted by atomic mass is 16.7. The first-order valence-electron chi connectivity index (χ1n) is 3.25.